The summed E-state index contributed by atoms with van der Waals surface area (Å²) in [5.41, 5.74) is 2.08. The highest BCUT2D eigenvalue weighted by Gasteiger charge is 2.27. The third kappa shape index (κ3) is 4.35. The van der Waals surface area contributed by atoms with E-state index in [1.54, 1.807) is 30.3 Å². The van der Waals surface area contributed by atoms with Gasteiger partial charge in [-0.25, -0.2) is 13.1 Å². The number of fused-ring (bicyclic) bond motifs is 4. The summed E-state index contributed by atoms with van der Waals surface area (Å²) in [7, 11) is -4.00. The van der Waals surface area contributed by atoms with E-state index in [4.69, 9.17) is 0 Å². The molecule has 0 saturated heterocycles. The van der Waals surface area contributed by atoms with Crippen LogP contribution in [0.1, 0.15) is 40.0 Å². The molecule has 0 saturated carbocycles. The highest BCUT2D eigenvalue weighted by Crippen LogP contribution is 2.33. The second-order valence-corrected chi connectivity index (χ2v) is 11.3. The number of aromatic amines is 2. The molecular formula is C29H32N4O4S. The highest BCUT2D eigenvalue weighted by molar-refractivity contribution is 7.90. The molecule has 3 N–H and O–H groups in total. The van der Waals surface area contributed by atoms with Crippen LogP contribution in [0, 0.1) is 0 Å². The summed E-state index contributed by atoms with van der Waals surface area (Å²) in [5, 5.41) is 1.46. The number of nitrogens with zero attached hydrogens (tertiary/aromatic N) is 1. The molecule has 3 aromatic carbocycles. The fourth-order valence-electron chi connectivity index (χ4n) is 5.17. The van der Waals surface area contributed by atoms with Gasteiger partial charge in [-0.15, -0.1) is 0 Å². The number of benzene rings is 3. The molecule has 0 amide bonds. The van der Waals surface area contributed by atoms with Crippen LogP contribution in [0.3, 0.4) is 0 Å². The van der Waals surface area contributed by atoms with Crippen molar-refractivity contribution in [2.75, 3.05) is 24.5 Å². The minimum atomic E-state index is -4.00. The van der Waals surface area contributed by atoms with Gasteiger partial charge in [-0.1, -0.05) is 32.9 Å². The van der Waals surface area contributed by atoms with E-state index in [-0.39, 0.29) is 22.3 Å². The molecule has 0 spiro atoms. The molecule has 5 aromatic rings. The lowest BCUT2D eigenvalue weighted by Crippen LogP contribution is -2.31. The zero-order chi connectivity index (χ0) is 27.0. The Labute approximate surface area is 220 Å². The molecule has 8 nitrogen and oxygen atoms in total. The van der Waals surface area contributed by atoms with Crippen LogP contribution in [0.5, 0.6) is 0 Å². The van der Waals surface area contributed by atoms with Gasteiger partial charge in [-0.05, 0) is 55.7 Å². The van der Waals surface area contributed by atoms with Crippen molar-refractivity contribution in [1.82, 2.24) is 14.7 Å². The number of pyridine rings is 2. The average molecular weight is 533 g/mol. The number of para-hydroxylation sites is 1. The lowest BCUT2D eigenvalue weighted by molar-refractivity contribution is 0.581. The second kappa shape index (κ2) is 10.2. The number of H-pyrrole nitrogens is 2. The molecule has 0 radical (unpaired) electrons. The zero-order valence-electron chi connectivity index (χ0n) is 21.8. The summed E-state index contributed by atoms with van der Waals surface area (Å²) in [5.74, 6) is 0. The number of sulfonamides is 1. The lowest BCUT2D eigenvalue weighted by Gasteiger charge is -2.27. The Balaban J connectivity index is 1.89. The number of aromatic nitrogens is 2. The molecule has 0 fully saturated rings. The van der Waals surface area contributed by atoms with E-state index in [0.717, 1.165) is 12.8 Å². The number of hydrogen-bond acceptors (Lipinski definition) is 5. The van der Waals surface area contributed by atoms with Gasteiger partial charge in [0.05, 0.1) is 27.6 Å². The molecular weight excluding hydrogens is 500 g/mol. The predicted molar refractivity (Wildman–Crippen MR) is 156 cm³/mol. The van der Waals surface area contributed by atoms with Crippen molar-refractivity contribution in [1.29, 1.82) is 0 Å². The molecule has 5 rings (SSSR count). The fraction of sp³-hybridized carbons (Fsp3) is 0.310. The first-order chi connectivity index (χ1) is 18.3. The van der Waals surface area contributed by atoms with E-state index in [0.29, 0.717) is 63.4 Å². The molecule has 0 bridgehead atoms. The smallest absolute Gasteiger partial charge is 0.243 e. The van der Waals surface area contributed by atoms with Gasteiger partial charge in [0.25, 0.3) is 0 Å². The van der Waals surface area contributed by atoms with Crippen molar-refractivity contribution in [2.45, 2.75) is 44.9 Å². The molecule has 198 valence electrons. The maximum Gasteiger partial charge on any atom is 0.243 e. The van der Waals surface area contributed by atoms with E-state index in [1.807, 2.05) is 43.9 Å². The Morgan fingerprint density at radius 1 is 0.737 bits per heavy atom. The molecule has 0 aliphatic rings. The van der Waals surface area contributed by atoms with Gasteiger partial charge in [-0.3, -0.25) is 9.59 Å². The third-order valence-electron chi connectivity index (χ3n) is 6.86. The van der Waals surface area contributed by atoms with Crippen molar-refractivity contribution in [3.8, 4) is 0 Å². The first kappa shape index (κ1) is 25.9. The molecule has 38 heavy (non-hydrogen) atoms. The molecule has 9 heteroatoms. The third-order valence-corrected chi connectivity index (χ3v) is 8.39. The summed E-state index contributed by atoms with van der Waals surface area (Å²) in [6.07, 6.45) is 2.29. The van der Waals surface area contributed by atoms with Crippen molar-refractivity contribution in [3.05, 3.63) is 69.0 Å². The molecule has 0 unspecified atom stereocenters. The summed E-state index contributed by atoms with van der Waals surface area (Å²) in [4.78, 5) is 35.8. The summed E-state index contributed by atoms with van der Waals surface area (Å²) >= 11 is 0. The topological polar surface area (TPSA) is 115 Å². The summed E-state index contributed by atoms with van der Waals surface area (Å²) < 4.78 is 30.1. The van der Waals surface area contributed by atoms with Crippen LogP contribution in [-0.4, -0.2) is 38.0 Å². The SMILES string of the molecule is CCCNS(=O)(=O)c1c(N(CCC)CCC)ccc2[nH]c3cc4c(=O)c5ccccc5[nH]c4cc3c(=O)c12. The van der Waals surface area contributed by atoms with E-state index in [1.165, 1.54) is 0 Å². The van der Waals surface area contributed by atoms with E-state index < -0.39 is 15.5 Å². The number of hydrogen-bond donors (Lipinski definition) is 3. The van der Waals surface area contributed by atoms with Crippen LogP contribution in [0.25, 0.3) is 43.6 Å². The Morgan fingerprint density at radius 3 is 2.03 bits per heavy atom. The number of anilines is 1. The Kier molecular flexibility index (Phi) is 6.98. The Bertz CT molecular complexity index is 1900. The van der Waals surface area contributed by atoms with Gasteiger partial charge in [-0.2, -0.15) is 0 Å². The van der Waals surface area contributed by atoms with Crippen molar-refractivity contribution in [3.63, 3.8) is 0 Å². The minimum absolute atomic E-state index is 0.000557. The molecule has 0 aliphatic heterocycles. The fourth-order valence-corrected chi connectivity index (χ4v) is 6.73. The van der Waals surface area contributed by atoms with Crippen molar-refractivity contribution < 1.29 is 8.42 Å². The van der Waals surface area contributed by atoms with Crippen LogP contribution >= 0.6 is 0 Å². The quantitative estimate of drug-likeness (QED) is 0.231. The summed E-state index contributed by atoms with van der Waals surface area (Å²) in [6.45, 7) is 7.58. The van der Waals surface area contributed by atoms with Gasteiger partial charge in [0.15, 0.2) is 10.9 Å². The average Bonchev–Trinajstić information content (AvgIpc) is 2.91. The molecule has 2 heterocycles. The van der Waals surface area contributed by atoms with Gasteiger partial charge in [0.2, 0.25) is 10.0 Å². The predicted octanol–water partition coefficient (Wildman–Crippen LogP) is 4.99. The van der Waals surface area contributed by atoms with Crippen LogP contribution in [0.15, 0.2) is 63.0 Å². The molecule has 0 atom stereocenters. The van der Waals surface area contributed by atoms with Crippen molar-refractivity contribution >= 4 is 59.3 Å². The molecule has 0 aliphatic carbocycles. The van der Waals surface area contributed by atoms with E-state index in [2.05, 4.69) is 14.7 Å². The van der Waals surface area contributed by atoms with Crippen LogP contribution in [-0.2, 0) is 10.0 Å². The standard InChI is InChI=1S/C29H32N4O4S/c1-4-13-30-38(36,37)29-25(33(14-5-2)15-6-3)12-11-22-26(29)28(35)20-17-23-19(16-24(20)32-22)27(34)18-9-7-8-10-21(18)31-23/h7-12,16-17,30H,4-6,13-15H2,1-3H3,(H,31,34)(H,32,35). The normalized spacial score (nSPS) is 12.2. The second-order valence-electron chi connectivity index (χ2n) is 9.62. The number of rotatable bonds is 9. The monoisotopic (exact) mass is 532 g/mol. The van der Waals surface area contributed by atoms with Crippen LogP contribution < -0.4 is 20.5 Å². The first-order valence-electron chi connectivity index (χ1n) is 13.1. The summed E-state index contributed by atoms with van der Waals surface area (Å²) in [6, 6.07) is 14.1. The molecule has 2 aromatic heterocycles. The van der Waals surface area contributed by atoms with Gasteiger partial charge < -0.3 is 14.9 Å². The minimum Gasteiger partial charge on any atom is -0.370 e. The Hall–Kier alpha value is -3.69. The van der Waals surface area contributed by atoms with Crippen molar-refractivity contribution in [2.24, 2.45) is 0 Å². The van der Waals surface area contributed by atoms with Gasteiger partial charge in [0, 0.05) is 41.3 Å². The van der Waals surface area contributed by atoms with E-state index in [9.17, 15) is 18.0 Å². The van der Waals surface area contributed by atoms with Crippen LogP contribution in [0.2, 0.25) is 0 Å². The maximum absolute atomic E-state index is 14.1. The highest BCUT2D eigenvalue weighted by atomic mass is 32.2. The maximum atomic E-state index is 14.1. The first-order valence-corrected chi connectivity index (χ1v) is 14.6. The van der Waals surface area contributed by atoms with Gasteiger partial charge in [0.1, 0.15) is 4.90 Å². The zero-order valence-corrected chi connectivity index (χ0v) is 22.7. The largest absolute Gasteiger partial charge is 0.370 e. The van der Waals surface area contributed by atoms with Gasteiger partial charge >= 0.3 is 0 Å². The van der Waals surface area contributed by atoms with E-state index >= 15 is 0 Å². The lowest BCUT2D eigenvalue weighted by atomic mass is 10.0. The number of nitrogens with one attached hydrogen (secondary N) is 3. The Morgan fingerprint density at radius 2 is 1.37 bits per heavy atom. The van der Waals surface area contributed by atoms with Crippen LogP contribution in [0.4, 0.5) is 5.69 Å².